The second kappa shape index (κ2) is 2.96. The Morgan fingerprint density at radius 1 is 1.70 bits per heavy atom. The molecule has 0 aliphatic carbocycles. The van der Waals surface area contributed by atoms with Gasteiger partial charge in [-0.3, -0.25) is 0 Å². The van der Waals surface area contributed by atoms with Crippen molar-refractivity contribution >= 4 is 5.97 Å². The van der Waals surface area contributed by atoms with Crippen LogP contribution in [0.4, 0.5) is 4.39 Å². The highest BCUT2D eigenvalue weighted by atomic mass is 19.1. The lowest BCUT2D eigenvalue weighted by Crippen LogP contribution is -2.32. The normalized spacial score (nSPS) is 33.7. The molecule has 0 aromatic carbocycles. The van der Waals surface area contributed by atoms with Gasteiger partial charge in [-0.2, -0.15) is 0 Å². The van der Waals surface area contributed by atoms with Crippen molar-refractivity contribution in [2.24, 2.45) is 0 Å². The summed E-state index contributed by atoms with van der Waals surface area (Å²) in [6.07, 6.45) is -1.61. The molecule has 3 nitrogen and oxygen atoms in total. The Kier molecular flexibility index (Phi) is 2.21. The van der Waals surface area contributed by atoms with Crippen LogP contribution < -0.4 is 0 Å². The Labute approximate surface area is 57.8 Å². The summed E-state index contributed by atoms with van der Waals surface area (Å²) in [7, 11) is 0. The average Bonchev–Trinajstić information content (AvgIpc) is 1.88. The van der Waals surface area contributed by atoms with E-state index in [4.69, 9.17) is 9.84 Å². The predicted octanol–water partition coefficient (Wildman–Crippen LogP) is 0.588. The van der Waals surface area contributed by atoms with Crippen molar-refractivity contribution in [3.63, 3.8) is 0 Å². The third-order valence-electron chi connectivity index (χ3n) is 1.50. The minimum atomic E-state index is -1.07. The number of hydrogen-bond acceptors (Lipinski definition) is 2. The molecule has 10 heavy (non-hydrogen) atoms. The van der Waals surface area contributed by atoms with E-state index in [0.29, 0.717) is 6.42 Å². The largest absolute Gasteiger partial charge is 0.479 e. The van der Waals surface area contributed by atoms with Crippen LogP contribution in [-0.2, 0) is 9.53 Å². The molecule has 0 saturated carbocycles. The molecule has 0 radical (unpaired) electrons. The van der Waals surface area contributed by atoms with Gasteiger partial charge < -0.3 is 9.84 Å². The molecule has 1 N–H and O–H groups in total. The molecule has 0 bridgehead atoms. The van der Waals surface area contributed by atoms with Crippen molar-refractivity contribution in [3.8, 4) is 0 Å². The van der Waals surface area contributed by atoms with Gasteiger partial charge in [-0.1, -0.05) is 0 Å². The lowest BCUT2D eigenvalue weighted by Gasteiger charge is -2.21. The number of aliphatic carboxylic acids is 1. The summed E-state index contributed by atoms with van der Waals surface area (Å²) in [6, 6.07) is 0. The van der Waals surface area contributed by atoms with Gasteiger partial charge >= 0.3 is 5.97 Å². The van der Waals surface area contributed by atoms with Gasteiger partial charge in [-0.15, -0.1) is 0 Å². The Hall–Kier alpha value is -0.640. The minimum Gasteiger partial charge on any atom is -0.479 e. The fourth-order valence-electron chi connectivity index (χ4n) is 0.928. The molecule has 1 saturated heterocycles. The van der Waals surface area contributed by atoms with E-state index in [-0.39, 0.29) is 13.0 Å². The lowest BCUT2D eigenvalue weighted by atomic mass is 10.1. The van der Waals surface area contributed by atoms with Crippen LogP contribution in [0.3, 0.4) is 0 Å². The average molecular weight is 148 g/mol. The van der Waals surface area contributed by atoms with E-state index in [1.807, 2.05) is 0 Å². The molecule has 2 atom stereocenters. The summed E-state index contributed by atoms with van der Waals surface area (Å²) in [5.74, 6) is -1.07. The first-order chi connectivity index (χ1) is 4.70. The zero-order valence-electron chi connectivity index (χ0n) is 5.42. The van der Waals surface area contributed by atoms with Crippen molar-refractivity contribution in [2.75, 3.05) is 6.61 Å². The minimum absolute atomic E-state index is 0.00463. The van der Waals surface area contributed by atoms with Gasteiger partial charge in [-0.05, 0) is 0 Å². The third kappa shape index (κ3) is 1.67. The monoisotopic (exact) mass is 148 g/mol. The second-order valence-electron chi connectivity index (χ2n) is 2.32. The van der Waals surface area contributed by atoms with Crippen molar-refractivity contribution in [1.82, 2.24) is 0 Å². The molecule has 1 rings (SSSR count). The number of carbonyl (C=O) groups is 1. The van der Waals surface area contributed by atoms with Crippen LogP contribution in [0.1, 0.15) is 12.8 Å². The fraction of sp³-hybridized carbons (Fsp3) is 0.833. The van der Waals surface area contributed by atoms with Gasteiger partial charge in [0, 0.05) is 12.8 Å². The molecule has 1 heterocycles. The Morgan fingerprint density at radius 2 is 2.40 bits per heavy atom. The van der Waals surface area contributed by atoms with Crippen LogP contribution in [0.2, 0.25) is 0 Å². The topological polar surface area (TPSA) is 46.5 Å². The van der Waals surface area contributed by atoms with Crippen molar-refractivity contribution in [1.29, 1.82) is 0 Å². The number of carboxylic acid groups (broad SMARTS) is 1. The van der Waals surface area contributed by atoms with E-state index in [0.717, 1.165) is 0 Å². The summed E-state index contributed by atoms with van der Waals surface area (Å²) >= 11 is 0. The summed E-state index contributed by atoms with van der Waals surface area (Å²) in [4.78, 5) is 10.2. The first-order valence-corrected chi connectivity index (χ1v) is 3.18. The number of alkyl halides is 1. The number of hydrogen-bond donors (Lipinski definition) is 1. The maximum atomic E-state index is 12.5. The van der Waals surface area contributed by atoms with Crippen LogP contribution in [0.15, 0.2) is 0 Å². The number of ether oxygens (including phenoxy) is 1. The van der Waals surface area contributed by atoms with Crippen molar-refractivity contribution < 1.29 is 19.0 Å². The molecule has 0 aromatic rings. The van der Waals surface area contributed by atoms with Crippen LogP contribution in [0, 0.1) is 0 Å². The molecule has 0 aromatic heterocycles. The zero-order chi connectivity index (χ0) is 7.56. The summed E-state index contributed by atoms with van der Waals surface area (Å²) in [5, 5.41) is 8.36. The van der Waals surface area contributed by atoms with E-state index in [1.165, 1.54) is 0 Å². The van der Waals surface area contributed by atoms with E-state index in [1.54, 1.807) is 0 Å². The van der Waals surface area contributed by atoms with Gasteiger partial charge in [-0.25, -0.2) is 9.18 Å². The van der Waals surface area contributed by atoms with E-state index in [9.17, 15) is 9.18 Å². The van der Waals surface area contributed by atoms with E-state index in [2.05, 4.69) is 0 Å². The molecular weight excluding hydrogens is 139 g/mol. The van der Waals surface area contributed by atoms with Crippen LogP contribution >= 0.6 is 0 Å². The van der Waals surface area contributed by atoms with Crippen molar-refractivity contribution in [3.05, 3.63) is 0 Å². The molecule has 0 spiro atoms. The van der Waals surface area contributed by atoms with Crippen LogP contribution in [-0.4, -0.2) is 30.0 Å². The summed E-state index contributed by atoms with van der Waals surface area (Å²) < 4.78 is 17.2. The molecule has 58 valence electrons. The third-order valence-corrected chi connectivity index (χ3v) is 1.50. The highest BCUT2D eigenvalue weighted by Gasteiger charge is 2.27. The Balaban J connectivity index is 2.39. The number of rotatable bonds is 1. The summed E-state index contributed by atoms with van der Waals surface area (Å²) in [5.41, 5.74) is 0. The van der Waals surface area contributed by atoms with Gasteiger partial charge in [0.25, 0.3) is 0 Å². The number of halogens is 1. The van der Waals surface area contributed by atoms with Gasteiger partial charge in [0.15, 0.2) is 6.10 Å². The highest BCUT2D eigenvalue weighted by Crippen LogP contribution is 2.16. The standard InChI is InChI=1S/C6H9FO3/c7-4-1-2-10-5(3-4)6(8)9/h4-5H,1-3H2,(H,8,9)/t4-,5-/m0/s1. The first-order valence-electron chi connectivity index (χ1n) is 3.18. The molecule has 1 aliphatic rings. The molecule has 0 unspecified atom stereocenters. The highest BCUT2D eigenvalue weighted by molar-refractivity contribution is 5.72. The maximum Gasteiger partial charge on any atom is 0.332 e. The summed E-state index contributed by atoms with van der Waals surface area (Å²) in [6.45, 7) is 0.220. The number of carboxylic acids is 1. The molecular formula is C6H9FO3. The molecule has 4 heteroatoms. The molecule has 0 amide bonds. The SMILES string of the molecule is O=C(O)[C@@H]1C[C@@H](F)CCO1. The van der Waals surface area contributed by atoms with Crippen LogP contribution in [0.5, 0.6) is 0 Å². The maximum absolute atomic E-state index is 12.5. The second-order valence-corrected chi connectivity index (χ2v) is 2.32. The first kappa shape index (κ1) is 7.47. The van der Waals surface area contributed by atoms with Gasteiger partial charge in [0.05, 0.1) is 6.61 Å². The molecule has 1 fully saturated rings. The van der Waals surface area contributed by atoms with Crippen molar-refractivity contribution in [2.45, 2.75) is 25.1 Å². The Bertz CT molecular complexity index is 137. The van der Waals surface area contributed by atoms with Gasteiger partial charge in [0.1, 0.15) is 6.17 Å². The smallest absolute Gasteiger partial charge is 0.332 e. The Morgan fingerprint density at radius 3 is 2.80 bits per heavy atom. The lowest BCUT2D eigenvalue weighted by molar-refractivity contribution is -0.155. The molecule has 1 aliphatic heterocycles. The zero-order valence-corrected chi connectivity index (χ0v) is 5.42. The fourth-order valence-corrected chi connectivity index (χ4v) is 0.928. The van der Waals surface area contributed by atoms with E-state index >= 15 is 0 Å². The van der Waals surface area contributed by atoms with E-state index < -0.39 is 18.2 Å². The quantitative estimate of drug-likeness (QED) is 0.591. The van der Waals surface area contributed by atoms with Crippen LogP contribution in [0.25, 0.3) is 0 Å². The van der Waals surface area contributed by atoms with Gasteiger partial charge in [0.2, 0.25) is 0 Å². The predicted molar refractivity (Wildman–Crippen MR) is 31.5 cm³/mol.